The molecule has 1 heterocycles. The van der Waals surface area contributed by atoms with Gasteiger partial charge < -0.3 is 9.64 Å². The van der Waals surface area contributed by atoms with Crippen LogP contribution < -0.4 is 0 Å². The molecular weight excluding hydrogens is 214 g/mol. The van der Waals surface area contributed by atoms with Crippen molar-refractivity contribution in [1.82, 2.24) is 4.90 Å². The molecule has 0 bridgehead atoms. The van der Waals surface area contributed by atoms with Crippen LogP contribution >= 0.6 is 0 Å². The third-order valence-electron chi connectivity index (χ3n) is 3.11. The van der Waals surface area contributed by atoms with Crippen molar-refractivity contribution < 1.29 is 9.53 Å². The average Bonchev–Trinajstić information content (AvgIpc) is 2.24. The fourth-order valence-electron chi connectivity index (χ4n) is 2.28. The Hall–Kier alpha value is -0.570. The molecule has 0 aromatic rings. The minimum absolute atomic E-state index is 0.0872. The van der Waals surface area contributed by atoms with Gasteiger partial charge in [-0.25, -0.2) is 0 Å². The number of nitrogens with zero attached hydrogens (tertiary/aromatic N) is 1. The normalized spacial score (nSPS) is 21.6. The van der Waals surface area contributed by atoms with E-state index in [1.165, 1.54) is 6.42 Å². The van der Waals surface area contributed by atoms with Crippen LogP contribution in [0.15, 0.2) is 0 Å². The number of likely N-dealkylation sites (tertiary alicyclic amines) is 1. The van der Waals surface area contributed by atoms with E-state index in [0.717, 1.165) is 32.7 Å². The highest BCUT2D eigenvalue weighted by Crippen LogP contribution is 2.23. The standard InChI is InChI=1S/C14H27NO2/c1-5-17-11-12-7-6-8-15(10-12)13(16)9-14(2,3)4/h12H,5-11H2,1-4H3. The fourth-order valence-corrected chi connectivity index (χ4v) is 2.28. The Balaban J connectivity index is 2.40. The summed E-state index contributed by atoms with van der Waals surface area (Å²) in [6, 6.07) is 0. The van der Waals surface area contributed by atoms with Gasteiger partial charge in [-0.2, -0.15) is 0 Å². The van der Waals surface area contributed by atoms with E-state index in [9.17, 15) is 4.79 Å². The summed E-state index contributed by atoms with van der Waals surface area (Å²) in [4.78, 5) is 14.1. The monoisotopic (exact) mass is 241 g/mol. The zero-order chi connectivity index (χ0) is 12.9. The van der Waals surface area contributed by atoms with E-state index in [0.29, 0.717) is 18.2 Å². The van der Waals surface area contributed by atoms with Crippen LogP contribution in [0.4, 0.5) is 0 Å². The van der Waals surface area contributed by atoms with Gasteiger partial charge in [0.15, 0.2) is 0 Å². The molecule has 1 aliphatic rings. The third kappa shape index (κ3) is 5.53. The highest BCUT2D eigenvalue weighted by Gasteiger charge is 2.26. The lowest BCUT2D eigenvalue weighted by Gasteiger charge is -2.34. The van der Waals surface area contributed by atoms with Gasteiger partial charge in [-0.05, 0) is 31.1 Å². The summed E-state index contributed by atoms with van der Waals surface area (Å²) in [5.41, 5.74) is 0.0872. The van der Waals surface area contributed by atoms with Crippen LogP contribution in [0.5, 0.6) is 0 Å². The zero-order valence-electron chi connectivity index (χ0n) is 11.8. The zero-order valence-corrected chi connectivity index (χ0v) is 11.8. The van der Waals surface area contributed by atoms with Crippen molar-refractivity contribution in [3.8, 4) is 0 Å². The quantitative estimate of drug-likeness (QED) is 0.757. The summed E-state index contributed by atoms with van der Waals surface area (Å²) in [5, 5.41) is 0. The van der Waals surface area contributed by atoms with Crippen molar-refractivity contribution in [3.63, 3.8) is 0 Å². The maximum absolute atomic E-state index is 12.1. The Morgan fingerprint density at radius 3 is 2.71 bits per heavy atom. The van der Waals surface area contributed by atoms with E-state index in [2.05, 4.69) is 20.8 Å². The van der Waals surface area contributed by atoms with E-state index in [4.69, 9.17) is 4.74 Å². The number of rotatable bonds is 4. The molecule has 0 saturated carbocycles. The average molecular weight is 241 g/mol. The van der Waals surface area contributed by atoms with Crippen molar-refractivity contribution in [2.45, 2.75) is 47.0 Å². The number of hydrogen-bond donors (Lipinski definition) is 0. The lowest BCUT2D eigenvalue weighted by molar-refractivity contribution is -0.135. The van der Waals surface area contributed by atoms with Crippen molar-refractivity contribution >= 4 is 5.91 Å². The van der Waals surface area contributed by atoms with E-state index in [-0.39, 0.29) is 5.41 Å². The molecule has 1 atom stereocenters. The highest BCUT2D eigenvalue weighted by atomic mass is 16.5. The molecule has 17 heavy (non-hydrogen) atoms. The molecule has 1 aliphatic heterocycles. The van der Waals surface area contributed by atoms with Gasteiger partial charge in [0.05, 0.1) is 6.61 Å². The van der Waals surface area contributed by atoms with Crippen LogP contribution in [-0.2, 0) is 9.53 Å². The lowest BCUT2D eigenvalue weighted by Crippen LogP contribution is -2.42. The van der Waals surface area contributed by atoms with Crippen LogP contribution in [-0.4, -0.2) is 37.1 Å². The molecule has 1 saturated heterocycles. The molecule has 1 fully saturated rings. The minimum atomic E-state index is 0.0872. The van der Waals surface area contributed by atoms with Gasteiger partial charge in [0, 0.05) is 26.1 Å². The second-order valence-electron chi connectivity index (χ2n) is 6.24. The number of piperidine rings is 1. The molecule has 0 N–H and O–H groups in total. The molecule has 0 aromatic carbocycles. The first kappa shape index (κ1) is 14.5. The van der Waals surface area contributed by atoms with Gasteiger partial charge in [-0.15, -0.1) is 0 Å². The molecule has 0 aliphatic carbocycles. The molecule has 100 valence electrons. The molecule has 3 heteroatoms. The molecule has 0 radical (unpaired) electrons. The van der Waals surface area contributed by atoms with E-state index < -0.39 is 0 Å². The number of hydrogen-bond acceptors (Lipinski definition) is 2. The van der Waals surface area contributed by atoms with Crippen molar-refractivity contribution in [2.24, 2.45) is 11.3 Å². The van der Waals surface area contributed by atoms with E-state index in [1.807, 2.05) is 11.8 Å². The van der Waals surface area contributed by atoms with Crippen molar-refractivity contribution in [3.05, 3.63) is 0 Å². The summed E-state index contributed by atoms with van der Waals surface area (Å²) in [7, 11) is 0. The SMILES string of the molecule is CCOCC1CCCN(C(=O)CC(C)(C)C)C1. The maximum Gasteiger partial charge on any atom is 0.223 e. The summed E-state index contributed by atoms with van der Waals surface area (Å²) in [5.74, 6) is 0.839. The third-order valence-corrected chi connectivity index (χ3v) is 3.11. The first-order chi connectivity index (χ1) is 7.92. The summed E-state index contributed by atoms with van der Waals surface area (Å²) < 4.78 is 5.46. The Bertz CT molecular complexity index is 245. The Morgan fingerprint density at radius 2 is 2.12 bits per heavy atom. The molecule has 3 nitrogen and oxygen atoms in total. The molecule has 1 amide bonds. The molecule has 0 spiro atoms. The minimum Gasteiger partial charge on any atom is -0.381 e. The second kappa shape index (κ2) is 6.39. The molecule has 0 aromatic heterocycles. The van der Waals surface area contributed by atoms with Gasteiger partial charge in [-0.3, -0.25) is 4.79 Å². The van der Waals surface area contributed by atoms with Crippen molar-refractivity contribution in [1.29, 1.82) is 0 Å². The first-order valence-corrected chi connectivity index (χ1v) is 6.78. The highest BCUT2D eigenvalue weighted by molar-refractivity contribution is 5.76. The van der Waals surface area contributed by atoms with Crippen LogP contribution in [0.3, 0.4) is 0 Å². The Kier molecular flexibility index (Phi) is 5.44. The first-order valence-electron chi connectivity index (χ1n) is 6.78. The number of carbonyl (C=O) groups excluding carboxylic acids is 1. The largest absolute Gasteiger partial charge is 0.381 e. The van der Waals surface area contributed by atoms with Crippen LogP contribution in [0, 0.1) is 11.3 Å². The van der Waals surface area contributed by atoms with Gasteiger partial charge in [0.25, 0.3) is 0 Å². The maximum atomic E-state index is 12.1. The van der Waals surface area contributed by atoms with Gasteiger partial charge >= 0.3 is 0 Å². The van der Waals surface area contributed by atoms with Crippen LogP contribution in [0.1, 0.15) is 47.0 Å². The molecule has 1 unspecified atom stereocenters. The van der Waals surface area contributed by atoms with E-state index >= 15 is 0 Å². The second-order valence-corrected chi connectivity index (χ2v) is 6.24. The summed E-state index contributed by atoms with van der Waals surface area (Å²) in [6.45, 7) is 11.8. The van der Waals surface area contributed by atoms with Crippen molar-refractivity contribution in [2.75, 3.05) is 26.3 Å². The van der Waals surface area contributed by atoms with E-state index in [1.54, 1.807) is 0 Å². The fraction of sp³-hybridized carbons (Fsp3) is 0.929. The molecular formula is C14H27NO2. The van der Waals surface area contributed by atoms with Gasteiger partial charge in [0.2, 0.25) is 5.91 Å². The Morgan fingerprint density at radius 1 is 1.41 bits per heavy atom. The van der Waals surface area contributed by atoms with Crippen LogP contribution in [0.25, 0.3) is 0 Å². The van der Waals surface area contributed by atoms with Crippen LogP contribution in [0.2, 0.25) is 0 Å². The molecule has 1 rings (SSSR count). The van der Waals surface area contributed by atoms with Gasteiger partial charge in [0.1, 0.15) is 0 Å². The topological polar surface area (TPSA) is 29.5 Å². The lowest BCUT2D eigenvalue weighted by atomic mass is 9.90. The van der Waals surface area contributed by atoms with Gasteiger partial charge in [-0.1, -0.05) is 20.8 Å². The summed E-state index contributed by atoms with van der Waals surface area (Å²) >= 11 is 0. The smallest absolute Gasteiger partial charge is 0.223 e. The number of amides is 1. The summed E-state index contributed by atoms with van der Waals surface area (Å²) in [6.07, 6.45) is 2.96. The predicted octanol–water partition coefficient (Wildman–Crippen LogP) is 2.70. The predicted molar refractivity (Wildman–Crippen MR) is 69.9 cm³/mol. The Labute approximate surface area is 106 Å². The number of ether oxygens (including phenoxy) is 1. The number of carbonyl (C=O) groups is 1.